The van der Waals surface area contributed by atoms with Crippen molar-refractivity contribution in [3.63, 3.8) is 0 Å². The highest BCUT2D eigenvalue weighted by molar-refractivity contribution is 5.80. The van der Waals surface area contributed by atoms with E-state index in [2.05, 4.69) is 15.0 Å². The first-order valence-electron chi connectivity index (χ1n) is 12.1. The van der Waals surface area contributed by atoms with Crippen LogP contribution in [0, 0.1) is 5.92 Å². The average Bonchev–Trinajstić information content (AvgIpc) is 3.23. The number of imidazole rings is 1. The normalized spacial score (nSPS) is 18.8. The fraction of sp³-hybridized carbons (Fsp3) is 0.462. The highest BCUT2D eigenvalue weighted by atomic mass is 16.2. The second kappa shape index (κ2) is 9.73. The van der Waals surface area contributed by atoms with Crippen molar-refractivity contribution >= 4 is 22.8 Å². The van der Waals surface area contributed by atoms with Crippen molar-refractivity contribution < 1.29 is 9.59 Å². The highest BCUT2D eigenvalue weighted by Crippen LogP contribution is 2.31. The second-order valence-electron chi connectivity index (χ2n) is 9.29. The van der Waals surface area contributed by atoms with E-state index in [9.17, 15) is 9.59 Å². The summed E-state index contributed by atoms with van der Waals surface area (Å²) in [4.78, 5) is 42.4. The fourth-order valence-electron chi connectivity index (χ4n) is 4.91. The van der Waals surface area contributed by atoms with Crippen LogP contribution >= 0.6 is 0 Å². The Morgan fingerprint density at radius 1 is 1.09 bits per heavy atom. The Morgan fingerprint density at radius 3 is 2.73 bits per heavy atom. The van der Waals surface area contributed by atoms with E-state index in [0.717, 1.165) is 61.1 Å². The number of pyridine rings is 1. The molecule has 2 aliphatic rings. The maximum absolute atomic E-state index is 13.3. The highest BCUT2D eigenvalue weighted by Gasteiger charge is 2.35. The molecule has 3 aromatic rings. The van der Waals surface area contributed by atoms with Crippen LogP contribution in [-0.2, 0) is 22.6 Å². The van der Waals surface area contributed by atoms with Crippen molar-refractivity contribution in [3.8, 4) is 0 Å². The lowest BCUT2D eigenvalue weighted by Gasteiger charge is -2.42. The van der Waals surface area contributed by atoms with Gasteiger partial charge >= 0.3 is 0 Å². The predicted octanol–water partition coefficient (Wildman–Crippen LogP) is 3.71. The zero-order valence-electron chi connectivity index (χ0n) is 18.9. The minimum Gasteiger partial charge on any atom is -0.342 e. The van der Waals surface area contributed by atoms with Gasteiger partial charge in [-0.3, -0.25) is 14.6 Å². The molecule has 1 aliphatic heterocycles. The molecule has 1 saturated carbocycles. The first-order chi connectivity index (χ1) is 16.2. The largest absolute Gasteiger partial charge is 0.342 e. The quantitative estimate of drug-likeness (QED) is 0.601. The number of aromatic nitrogens is 3. The SMILES string of the molecule is O=C(CCc1nc2ccccc2[nH]1)N1CCCC(N(Cc2cccnc2)C(=O)C2CCC2)C1. The summed E-state index contributed by atoms with van der Waals surface area (Å²) in [6, 6.07) is 11.9. The number of nitrogens with zero attached hydrogens (tertiary/aromatic N) is 4. The van der Waals surface area contributed by atoms with Gasteiger partial charge in [-0.15, -0.1) is 0 Å². The molecule has 0 bridgehead atoms. The summed E-state index contributed by atoms with van der Waals surface area (Å²) in [5, 5.41) is 0. The minimum atomic E-state index is 0.0576. The van der Waals surface area contributed by atoms with Crippen LogP contribution in [-0.4, -0.2) is 55.7 Å². The number of para-hydroxylation sites is 2. The summed E-state index contributed by atoms with van der Waals surface area (Å²) in [6.45, 7) is 1.93. The summed E-state index contributed by atoms with van der Waals surface area (Å²) >= 11 is 0. The lowest BCUT2D eigenvalue weighted by atomic mass is 9.83. The van der Waals surface area contributed by atoms with E-state index >= 15 is 0 Å². The average molecular weight is 446 g/mol. The van der Waals surface area contributed by atoms with E-state index in [1.807, 2.05) is 52.4 Å². The van der Waals surface area contributed by atoms with Crippen molar-refractivity contribution in [1.82, 2.24) is 24.8 Å². The van der Waals surface area contributed by atoms with Crippen LogP contribution in [0.4, 0.5) is 0 Å². The Hall–Kier alpha value is -3.22. The zero-order valence-corrected chi connectivity index (χ0v) is 18.9. The third-order valence-corrected chi connectivity index (χ3v) is 7.02. The van der Waals surface area contributed by atoms with E-state index in [-0.39, 0.29) is 23.8 Å². The number of rotatable bonds is 7. The van der Waals surface area contributed by atoms with Crippen molar-refractivity contribution in [2.45, 2.75) is 57.5 Å². The van der Waals surface area contributed by atoms with Crippen LogP contribution < -0.4 is 0 Å². The van der Waals surface area contributed by atoms with E-state index in [4.69, 9.17) is 0 Å². The second-order valence-corrected chi connectivity index (χ2v) is 9.29. The van der Waals surface area contributed by atoms with E-state index in [0.29, 0.717) is 25.9 Å². The summed E-state index contributed by atoms with van der Waals surface area (Å²) < 4.78 is 0. The van der Waals surface area contributed by atoms with Gasteiger partial charge in [-0.2, -0.15) is 0 Å². The van der Waals surface area contributed by atoms with Crippen LogP contribution in [0.5, 0.6) is 0 Å². The number of likely N-dealkylation sites (tertiary alicyclic amines) is 1. The zero-order chi connectivity index (χ0) is 22.6. The molecule has 1 saturated heterocycles. The van der Waals surface area contributed by atoms with E-state index < -0.39 is 0 Å². The Kier molecular flexibility index (Phi) is 6.37. The minimum absolute atomic E-state index is 0.0576. The van der Waals surface area contributed by atoms with E-state index in [1.54, 1.807) is 6.20 Å². The van der Waals surface area contributed by atoms with Crippen LogP contribution in [0.15, 0.2) is 48.8 Å². The predicted molar refractivity (Wildman–Crippen MR) is 126 cm³/mol. The monoisotopic (exact) mass is 445 g/mol. The van der Waals surface area contributed by atoms with Gasteiger partial charge in [0.25, 0.3) is 0 Å². The molecular weight excluding hydrogens is 414 g/mol. The topological polar surface area (TPSA) is 82.2 Å². The summed E-state index contributed by atoms with van der Waals surface area (Å²) in [5.74, 6) is 1.36. The number of fused-ring (bicyclic) bond motifs is 1. The lowest BCUT2D eigenvalue weighted by Crippen LogP contribution is -2.53. The summed E-state index contributed by atoms with van der Waals surface area (Å²) in [5.41, 5.74) is 2.97. The van der Waals surface area contributed by atoms with Crippen molar-refractivity contribution in [2.24, 2.45) is 5.92 Å². The molecule has 1 unspecified atom stereocenters. The van der Waals surface area contributed by atoms with Crippen molar-refractivity contribution in [1.29, 1.82) is 0 Å². The first kappa shape index (κ1) is 21.6. The summed E-state index contributed by atoms with van der Waals surface area (Å²) in [7, 11) is 0. The smallest absolute Gasteiger partial charge is 0.226 e. The number of hydrogen-bond donors (Lipinski definition) is 1. The molecule has 172 valence electrons. The van der Waals surface area contributed by atoms with Crippen LogP contribution in [0.3, 0.4) is 0 Å². The molecule has 1 N–H and O–H groups in total. The molecule has 1 aromatic carbocycles. The molecule has 2 aromatic heterocycles. The van der Waals surface area contributed by atoms with Gasteiger partial charge < -0.3 is 14.8 Å². The van der Waals surface area contributed by atoms with Gasteiger partial charge in [-0.1, -0.05) is 24.6 Å². The number of benzene rings is 1. The molecule has 1 atom stereocenters. The number of piperidine rings is 1. The Morgan fingerprint density at radius 2 is 1.97 bits per heavy atom. The maximum Gasteiger partial charge on any atom is 0.226 e. The molecule has 33 heavy (non-hydrogen) atoms. The first-order valence-corrected chi connectivity index (χ1v) is 12.1. The molecule has 5 rings (SSSR count). The Bertz CT molecular complexity index is 1080. The number of nitrogens with one attached hydrogen (secondary N) is 1. The van der Waals surface area contributed by atoms with Crippen LogP contribution in [0.2, 0.25) is 0 Å². The molecule has 3 heterocycles. The van der Waals surface area contributed by atoms with Gasteiger partial charge in [0.05, 0.1) is 11.0 Å². The third-order valence-electron chi connectivity index (χ3n) is 7.02. The van der Waals surface area contributed by atoms with Gasteiger partial charge in [0.1, 0.15) is 5.82 Å². The van der Waals surface area contributed by atoms with Crippen LogP contribution in [0.1, 0.15) is 49.9 Å². The van der Waals surface area contributed by atoms with E-state index in [1.165, 1.54) is 0 Å². The van der Waals surface area contributed by atoms with Crippen molar-refractivity contribution in [2.75, 3.05) is 13.1 Å². The number of aryl methyl sites for hydroxylation is 1. The number of carbonyl (C=O) groups excluding carboxylic acids is 2. The number of H-pyrrole nitrogens is 1. The van der Waals surface area contributed by atoms with Gasteiger partial charge in [0, 0.05) is 56.8 Å². The number of amides is 2. The molecule has 2 fully saturated rings. The fourth-order valence-corrected chi connectivity index (χ4v) is 4.91. The Labute approximate surface area is 194 Å². The molecular formula is C26H31N5O2. The Balaban J connectivity index is 1.24. The molecule has 0 spiro atoms. The van der Waals surface area contributed by atoms with Gasteiger partial charge in [0.15, 0.2) is 0 Å². The van der Waals surface area contributed by atoms with Crippen molar-refractivity contribution in [3.05, 3.63) is 60.2 Å². The van der Waals surface area contributed by atoms with Gasteiger partial charge in [-0.05, 0) is 49.4 Å². The molecule has 1 aliphatic carbocycles. The molecule has 2 amide bonds. The standard InChI is InChI=1S/C26H31N5O2/c32-25(13-12-24-28-22-10-1-2-11-23(22)29-24)30-15-5-9-21(18-30)31(26(33)20-7-3-8-20)17-19-6-4-14-27-16-19/h1-2,4,6,10-11,14,16,20-21H,3,5,7-9,12-13,15,17-18H2,(H,28,29). The maximum atomic E-state index is 13.3. The summed E-state index contributed by atoms with van der Waals surface area (Å²) in [6.07, 6.45) is 9.55. The van der Waals surface area contributed by atoms with Gasteiger partial charge in [-0.25, -0.2) is 4.98 Å². The molecule has 7 heteroatoms. The molecule has 7 nitrogen and oxygen atoms in total. The number of carbonyl (C=O) groups is 2. The number of hydrogen-bond acceptors (Lipinski definition) is 4. The third kappa shape index (κ3) is 4.92. The molecule has 0 radical (unpaired) electrons. The van der Waals surface area contributed by atoms with Crippen LogP contribution in [0.25, 0.3) is 11.0 Å². The number of aromatic amines is 1. The lowest BCUT2D eigenvalue weighted by molar-refractivity contribution is -0.145. The van der Waals surface area contributed by atoms with Gasteiger partial charge in [0.2, 0.25) is 11.8 Å².